The van der Waals surface area contributed by atoms with Gasteiger partial charge in [-0.2, -0.15) is 26.3 Å². The lowest BCUT2D eigenvalue weighted by atomic mass is 9.88. The average Bonchev–Trinajstić information content (AvgIpc) is 2.64. The Morgan fingerprint density at radius 1 is 1.10 bits per heavy atom. The van der Waals surface area contributed by atoms with Gasteiger partial charge in [-0.3, -0.25) is 14.2 Å². The lowest BCUT2D eigenvalue weighted by Crippen LogP contribution is -2.45. The van der Waals surface area contributed by atoms with E-state index in [1.165, 1.54) is 32.2 Å². The Morgan fingerprint density at radius 3 is 2.35 bits per heavy atom. The maximum Gasteiger partial charge on any atom is 0.471 e. The Hall–Kier alpha value is -3.24. The number of rotatable bonds is 3. The first-order valence-corrected chi connectivity index (χ1v) is 8.89. The van der Waals surface area contributed by atoms with Crippen LogP contribution in [0.25, 0.3) is 5.70 Å². The van der Waals surface area contributed by atoms with Crippen LogP contribution in [0.1, 0.15) is 25.0 Å². The number of halogens is 6. The Morgan fingerprint density at radius 2 is 1.77 bits per heavy atom. The topological polar surface area (TPSA) is 60.3 Å². The van der Waals surface area contributed by atoms with Gasteiger partial charge in [-0.15, -0.1) is 0 Å². The van der Waals surface area contributed by atoms with Gasteiger partial charge >= 0.3 is 18.3 Å². The smallest absolute Gasteiger partial charge is 0.471 e. The van der Waals surface area contributed by atoms with E-state index in [-0.39, 0.29) is 22.6 Å². The summed E-state index contributed by atoms with van der Waals surface area (Å²) in [6, 6.07) is 6.63. The number of amides is 1. The summed E-state index contributed by atoms with van der Waals surface area (Å²) in [7, 11) is 0. The van der Waals surface area contributed by atoms with Crippen LogP contribution in [0.3, 0.4) is 0 Å². The minimum Gasteiger partial charge on any atom is -0.483 e. The van der Waals surface area contributed by atoms with Crippen molar-refractivity contribution in [2.75, 3.05) is 6.54 Å². The molecule has 0 radical (unpaired) electrons. The molecular formula is C20H16F6N2O3. The highest BCUT2D eigenvalue weighted by molar-refractivity contribution is 5.83. The fourth-order valence-electron chi connectivity index (χ4n) is 3.22. The molecule has 0 saturated carbocycles. The summed E-state index contributed by atoms with van der Waals surface area (Å²) in [5.41, 5.74) is -3.25. The van der Waals surface area contributed by atoms with E-state index in [2.05, 4.69) is 0 Å². The Bertz CT molecular complexity index is 1110. The molecule has 0 atom stereocenters. The van der Waals surface area contributed by atoms with Crippen LogP contribution in [-0.4, -0.2) is 28.8 Å². The van der Waals surface area contributed by atoms with Crippen LogP contribution >= 0.6 is 0 Å². The standard InChI is InChI=1S/C20H16F6N2O3/c1-18(2)13(10-27-17(30)20(24,25)26)16(28-8-4-3-5-15(28)29)12-9-11(19(21,22)23)6-7-14(12)31-18/h3-9H,10H2,1-2H3,(H,27,30). The molecule has 0 saturated heterocycles. The number of fused-ring (bicyclic) bond motifs is 1. The van der Waals surface area contributed by atoms with Crippen molar-refractivity contribution in [1.82, 2.24) is 9.88 Å². The number of ether oxygens (including phenoxy) is 1. The van der Waals surface area contributed by atoms with E-state index < -0.39 is 41.5 Å². The van der Waals surface area contributed by atoms with Crippen LogP contribution in [0.15, 0.2) is 53.0 Å². The van der Waals surface area contributed by atoms with Gasteiger partial charge in [-0.05, 0) is 38.1 Å². The van der Waals surface area contributed by atoms with E-state index in [9.17, 15) is 35.9 Å². The minimum atomic E-state index is -5.16. The minimum absolute atomic E-state index is 0.00894. The van der Waals surface area contributed by atoms with Crippen molar-refractivity contribution in [2.24, 2.45) is 0 Å². The van der Waals surface area contributed by atoms with E-state index in [1.807, 2.05) is 0 Å². The summed E-state index contributed by atoms with van der Waals surface area (Å²) in [5.74, 6) is -2.22. The molecule has 0 unspecified atom stereocenters. The number of nitrogens with one attached hydrogen (secondary N) is 1. The third kappa shape index (κ3) is 4.44. The average molecular weight is 446 g/mol. The van der Waals surface area contributed by atoms with Gasteiger partial charge in [-0.25, -0.2) is 0 Å². The predicted octanol–water partition coefficient (Wildman–Crippen LogP) is 3.98. The Kier molecular flexibility index (Phi) is 5.41. The van der Waals surface area contributed by atoms with Gasteiger partial charge in [-0.1, -0.05) is 6.07 Å². The highest BCUT2D eigenvalue weighted by atomic mass is 19.4. The molecule has 0 bridgehead atoms. The van der Waals surface area contributed by atoms with Crippen molar-refractivity contribution in [3.05, 3.63) is 69.6 Å². The zero-order valence-electron chi connectivity index (χ0n) is 16.2. The number of pyridine rings is 1. The molecule has 166 valence electrons. The van der Waals surface area contributed by atoms with E-state index in [1.54, 1.807) is 5.32 Å². The van der Waals surface area contributed by atoms with Crippen molar-refractivity contribution in [3.8, 4) is 5.75 Å². The zero-order chi connectivity index (χ0) is 23.2. The molecular weight excluding hydrogens is 430 g/mol. The number of carbonyl (C=O) groups is 1. The number of hydrogen-bond acceptors (Lipinski definition) is 3. The molecule has 1 aliphatic rings. The highest BCUT2D eigenvalue weighted by Gasteiger charge is 2.42. The lowest BCUT2D eigenvalue weighted by molar-refractivity contribution is -0.173. The summed E-state index contributed by atoms with van der Waals surface area (Å²) in [6.07, 6.45) is -8.60. The maximum absolute atomic E-state index is 13.3. The van der Waals surface area contributed by atoms with Crippen molar-refractivity contribution in [2.45, 2.75) is 31.8 Å². The van der Waals surface area contributed by atoms with Crippen molar-refractivity contribution in [3.63, 3.8) is 0 Å². The van der Waals surface area contributed by atoms with Gasteiger partial charge in [0.25, 0.3) is 5.56 Å². The third-order valence-corrected chi connectivity index (χ3v) is 4.69. The molecule has 0 aliphatic carbocycles. The quantitative estimate of drug-likeness (QED) is 0.726. The summed E-state index contributed by atoms with van der Waals surface area (Å²) in [6.45, 7) is 2.23. The molecule has 1 aromatic carbocycles. The molecule has 1 aliphatic heterocycles. The maximum atomic E-state index is 13.3. The number of nitrogens with zero attached hydrogens (tertiary/aromatic N) is 1. The van der Waals surface area contributed by atoms with Gasteiger partial charge in [0, 0.05) is 29.9 Å². The van der Waals surface area contributed by atoms with Gasteiger partial charge in [0.05, 0.1) is 11.3 Å². The molecule has 2 heterocycles. The Balaban J connectivity index is 2.27. The molecule has 5 nitrogen and oxygen atoms in total. The van der Waals surface area contributed by atoms with Crippen molar-refractivity contribution in [1.29, 1.82) is 0 Å². The second-order valence-electron chi connectivity index (χ2n) is 7.24. The van der Waals surface area contributed by atoms with E-state index >= 15 is 0 Å². The van der Waals surface area contributed by atoms with Gasteiger partial charge in [0.2, 0.25) is 0 Å². The molecule has 31 heavy (non-hydrogen) atoms. The van der Waals surface area contributed by atoms with Crippen LogP contribution in [0, 0.1) is 0 Å². The van der Waals surface area contributed by atoms with Crippen LogP contribution in [0.2, 0.25) is 0 Å². The first-order chi connectivity index (χ1) is 14.2. The fourth-order valence-corrected chi connectivity index (χ4v) is 3.22. The number of alkyl halides is 6. The summed E-state index contributed by atoms with van der Waals surface area (Å²) in [4.78, 5) is 23.8. The largest absolute Gasteiger partial charge is 0.483 e. The zero-order valence-corrected chi connectivity index (χ0v) is 16.2. The summed E-state index contributed by atoms with van der Waals surface area (Å²) >= 11 is 0. The van der Waals surface area contributed by atoms with Gasteiger partial charge in [0.1, 0.15) is 11.4 Å². The fraction of sp³-hybridized carbons (Fsp3) is 0.300. The van der Waals surface area contributed by atoms with E-state index in [0.717, 1.165) is 28.8 Å². The molecule has 11 heteroatoms. The molecule has 0 spiro atoms. The van der Waals surface area contributed by atoms with Gasteiger partial charge < -0.3 is 10.1 Å². The van der Waals surface area contributed by atoms with Crippen molar-refractivity contribution < 1.29 is 35.9 Å². The lowest BCUT2D eigenvalue weighted by Gasteiger charge is -2.37. The molecule has 0 fully saturated rings. The van der Waals surface area contributed by atoms with Crippen LogP contribution in [0.5, 0.6) is 5.75 Å². The summed E-state index contributed by atoms with van der Waals surface area (Å²) < 4.78 is 84.6. The first kappa shape index (κ1) is 22.4. The van der Waals surface area contributed by atoms with Crippen LogP contribution in [0.4, 0.5) is 26.3 Å². The van der Waals surface area contributed by atoms with Crippen LogP contribution < -0.4 is 15.6 Å². The third-order valence-electron chi connectivity index (χ3n) is 4.69. The number of carbonyl (C=O) groups excluding carboxylic acids is 1. The number of benzene rings is 1. The highest BCUT2D eigenvalue weighted by Crippen LogP contribution is 2.43. The molecule has 1 amide bonds. The monoisotopic (exact) mass is 446 g/mol. The van der Waals surface area contributed by atoms with Gasteiger partial charge in [0.15, 0.2) is 0 Å². The second-order valence-corrected chi connectivity index (χ2v) is 7.24. The van der Waals surface area contributed by atoms with E-state index in [0.29, 0.717) is 0 Å². The molecule has 1 aromatic heterocycles. The summed E-state index contributed by atoms with van der Waals surface area (Å²) in [5, 5.41) is 1.70. The predicted molar refractivity (Wildman–Crippen MR) is 98.2 cm³/mol. The molecule has 2 aromatic rings. The number of hydrogen-bond donors (Lipinski definition) is 1. The first-order valence-electron chi connectivity index (χ1n) is 8.89. The van der Waals surface area contributed by atoms with Crippen molar-refractivity contribution >= 4 is 11.6 Å². The second kappa shape index (κ2) is 7.47. The van der Waals surface area contributed by atoms with E-state index in [4.69, 9.17) is 4.74 Å². The Labute approximate surface area is 171 Å². The molecule has 3 rings (SSSR count). The molecule has 1 N–H and O–H groups in total. The number of aromatic nitrogens is 1. The normalized spacial score (nSPS) is 15.9. The van der Waals surface area contributed by atoms with Crippen LogP contribution in [-0.2, 0) is 11.0 Å². The SMILES string of the molecule is CC1(C)Oc2ccc(C(F)(F)F)cc2C(n2ccccc2=O)=C1CNC(=O)C(F)(F)F.